The maximum atomic E-state index is 14.0. The van der Waals surface area contributed by atoms with Gasteiger partial charge in [0.2, 0.25) is 5.78 Å². The number of ketones is 2. The highest BCUT2D eigenvalue weighted by Gasteiger charge is 2.49. The quantitative estimate of drug-likeness (QED) is 0.0602. The zero-order valence-electron chi connectivity index (χ0n) is 29.3. The SMILES string of the molecule is CCCCOc1ccc(C(=O)N/N=C(/C)[C@]2(O)Cc3c(O)c4c(c(O)c3[C@H](O[C@@H]3C[C@H](N)[C@H](O)[C@H](C)O3)C2)C(=O)c2c(OC)cccc2C4=O)cc1. The molecule has 0 saturated carbocycles. The molecule has 1 saturated heterocycles. The van der Waals surface area contributed by atoms with Crippen LogP contribution in [0.25, 0.3) is 0 Å². The summed E-state index contributed by atoms with van der Waals surface area (Å²) in [5, 5.41) is 50.3. The molecule has 0 unspecified atom stereocenters. The van der Waals surface area contributed by atoms with Gasteiger partial charge < -0.3 is 45.1 Å². The molecule has 7 N–H and O–H groups in total. The molecule has 1 fully saturated rings. The number of phenolic OH excluding ortho intramolecular Hbond substituents is 2. The van der Waals surface area contributed by atoms with Gasteiger partial charge in [0.05, 0.1) is 54.4 Å². The molecule has 3 aromatic rings. The van der Waals surface area contributed by atoms with Crippen molar-refractivity contribution in [2.75, 3.05) is 13.7 Å². The lowest BCUT2D eigenvalue weighted by molar-refractivity contribution is -0.245. The number of methoxy groups -OCH3 is 1. The Bertz CT molecular complexity index is 1920. The minimum absolute atomic E-state index is 0.0245. The van der Waals surface area contributed by atoms with E-state index in [4.69, 9.17) is 24.7 Å². The Labute approximate surface area is 300 Å². The molecule has 14 heteroatoms. The number of nitrogens with one attached hydrogen (secondary N) is 1. The Kier molecular flexibility index (Phi) is 10.4. The minimum Gasteiger partial charge on any atom is -0.507 e. The molecule has 6 atom stereocenters. The van der Waals surface area contributed by atoms with Crippen molar-refractivity contribution >= 4 is 23.2 Å². The summed E-state index contributed by atoms with van der Waals surface area (Å²) in [6.07, 6.45) is -2.72. The molecule has 1 amide bonds. The normalized spacial score (nSPS) is 25.5. The van der Waals surface area contributed by atoms with Gasteiger partial charge in [0.25, 0.3) is 5.91 Å². The lowest BCUT2D eigenvalue weighted by Gasteiger charge is -2.42. The molecular formula is C38H43N3O11. The zero-order valence-corrected chi connectivity index (χ0v) is 29.3. The predicted octanol–water partition coefficient (Wildman–Crippen LogP) is 3.42. The molecule has 3 aromatic carbocycles. The van der Waals surface area contributed by atoms with Crippen molar-refractivity contribution in [3.05, 3.63) is 81.4 Å². The number of hydrogen-bond acceptors (Lipinski definition) is 13. The van der Waals surface area contributed by atoms with Crippen LogP contribution in [0.5, 0.6) is 23.0 Å². The summed E-state index contributed by atoms with van der Waals surface area (Å²) in [6, 6.07) is 10.2. The van der Waals surface area contributed by atoms with Crippen molar-refractivity contribution in [3.8, 4) is 23.0 Å². The molecule has 0 spiro atoms. The number of aliphatic hydroxyl groups is 2. The van der Waals surface area contributed by atoms with E-state index in [2.05, 4.69) is 17.5 Å². The number of amides is 1. The summed E-state index contributed by atoms with van der Waals surface area (Å²) in [4.78, 5) is 40.9. The molecule has 6 rings (SSSR count). The van der Waals surface area contributed by atoms with Gasteiger partial charge in [-0.3, -0.25) is 14.4 Å². The van der Waals surface area contributed by atoms with Gasteiger partial charge in [0.1, 0.15) is 28.6 Å². The lowest BCUT2D eigenvalue weighted by atomic mass is 9.71. The van der Waals surface area contributed by atoms with Crippen molar-refractivity contribution in [1.29, 1.82) is 0 Å². The Morgan fingerprint density at radius 3 is 2.46 bits per heavy atom. The fourth-order valence-electron chi connectivity index (χ4n) is 7.01. The van der Waals surface area contributed by atoms with Gasteiger partial charge in [-0.1, -0.05) is 25.5 Å². The lowest BCUT2D eigenvalue weighted by Crippen LogP contribution is -2.52. The first-order valence-electron chi connectivity index (χ1n) is 17.2. The van der Waals surface area contributed by atoms with Crippen LogP contribution in [0, 0.1) is 0 Å². The van der Waals surface area contributed by atoms with Gasteiger partial charge in [-0.05, 0) is 50.6 Å². The molecule has 1 heterocycles. The number of aromatic hydroxyl groups is 2. The molecule has 52 heavy (non-hydrogen) atoms. The third-order valence-corrected chi connectivity index (χ3v) is 10.0. The van der Waals surface area contributed by atoms with Crippen molar-refractivity contribution in [1.82, 2.24) is 5.43 Å². The highest BCUT2D eigenvalue weighted by molar-refractivity contribution is 6.31. The average molecular weight is 718 g/mol. The van der Waals surface area contributed by atoms with Gasteiger partial charge in [-0.2, -0.15) is 5.10 Å². The van der Waals surface area contributed by atoms with Crippen LogP contribution in [0.2, 0.25) is 0 Å². The molecule has 1 aliphatic heterocycles. The largest absolute Gasteiger partial charge is 0.507 e. The number of ether oxygens (including phenoxy) is 4. The number of rotatable bonds is 10. The van der Waals surface area contributed by atoms with E-state index in [1.807, 2.05) is 0 Å². The van der Waals surface area contributed by atoms with Crippen LogP contribution in [-0.2, 0) is 15.9 Å². The minimum atomic E-state index is -1.91. The molecular weight excluding hydrogens is 674 g/mol. The number of fused-ring (bicyclic) bond motifs is 3. The van der Waals surface area contributed by atoms with E-state index in [0.29, 0.717) is 12.4 Å². The third kappa shape index (κ3) is 6.63. The second kappa shape index (κ2) is 14.6. The number of phenols is 2. The third-order valence-electron chi connectivity index (χ3n) is 10.0. The Morgan fingerprint density at radius 1 is 1.08 bits per heavy atom. The summed E-state index contributed by atoms with van der Waals surface area (Å²) in [6.45, 7) is 5.71. The topological polar surface area (TPSA) is 219 Å². The van der Waals surface area contributed by atoms with E-state index in [0.717, 1.165) is 12.8 Å². The van der Waals surface area contributed by atoms with Crippen molar-refractivity contribution in [2.45, 2.75) is 89.1 Å². The summed E-state index contributed by atoms with van der Waals surface area (Å²) in [5.74, 6) is -2.53. The number of benzene rings is 3. The summed E-state index contributed by atoms with van der Waals surface area (Å²) in [7, 11) is 1.34. The monoisotopic (exact) mass is 717 g/mol. The van der Waals surface area contributed by atoms with E-state index in [-0.39, 0.29) is 58.5 Å². The van der Waals surface area contributed by atoms with E-state index in [9.17, 15) is 34.8 Å². The van der Waals surface area contributed by atoms with Crippen LogP contribution in [0.1, 0.15) is 106 Å². The molecule has 14 nitrogen and oxygen atoms in total. The number of carbonyl (C=O) groups is 3. The summed E-state index contributed by atoms with van der Waals surface area (Å²) in [5.41, 5.74) is 5.97. The Balaban J connectivity index is 1.37. The van der Waals surface area contributed by atoms with E-state index in [1.54, 1.807) is 31.2 Å². The summed E-state index contributed by atoms with van der Waals surface area (Å²) < 4.78 is 23.2. The van der Waals surface area contributed by atoms with Crippen LogP contribution in [0.4, 0.5) is 0 Å². The van der Waals surface area contributed by atoms with Crippen LogP contribution in [-0.4, -0.2) is 87.5 Å². The first-order chi connectivity index (χ1) is 24.8. The first kappa shape index (κ1) is 36.9. The molecule has 2 aliphatic carbocycles. The first-order valence-corrected chi connectivity index (χ1v) is 17.2. The van der Waals surface area contributed by atoms with Gasteiger partial charge in [0.15, 0.2) is 12.1 Å². The highest BCUT2D eigenvalue weighted by atomic mass is 16.7. The second-order valence-electron chi connectivity index (χ2n) is 13.4. The molecule has 0 aromatic heterocycles. The predicted molar refractivity (Wildman–Crippen MR) is 187 cm³/mol. The number of hydrogen-bond donors (Lipinski definition) is 6. The number of hydrazone groups is 1. The highest BCUT2D eigenvalue weighted by Crippen LogP contribution is 2.52. The number of nitrogens with two attached hydrogens (primary N) is 1. The van der Waals surface area contributed by atoms with Crippen molar-refractivity contribution in [2.24, 2.45) is 10.8 Å². The number of nitrogens with zero attached hydrogens (tertiary/aromatic N) is 1. The van der Waals surface area contributed by atoms with E-state index in [1.165, 1.54) is 32.2 Å². The van der Waals surface area contributed by atoms with Gasteiger partial charge in [-0.25, -0.2) is 5.43 Å². The van der Waals surface area contributed by atoms with Crippen molar-refractivity contribution in [3.63, 3.8) is 0 Å². The molecule has 0 bridgehead atoms. The van der Waals surface area contributed by atoms with Gasteiger partial charge in [0, 0.05) is 47.6 Å². The number of aliphatic hydroxyl groups excluding tert-OH is 1. The number of unbranched alkanes of at least 4 members (excludes halogenated alkanes) is 1. The van der Waals surface area contributed by atoms with Crippen LogP contribution >= 0.6 is 0 Å². The summed E-state index contributed by atoms with van der Waals surface area (Å²) >= 11 is 0. The molecule has 276 valence electrons. The van der Waals surface area contributed by atoms with E-state index < -0.39 is 76.3 Å². The van der Waals surface area contributed by atoms with Crippen molar-refractivity contribution < 1.29 is 53.8 Å². The maximum Gasteiger partial charge on any atom is 0.271 e. The van der Waals surface area contributed by atoms with Gasteiger partial charge >= 0.3 is 0 Å². The van der Waals surface area contributed by atoms with Gasteiger partial charge in [-0.15, -0.1) is 0 Å². The zero-order chi connectivity index (χ0) is 37.5. The Hall–Kier alpha value is -4.86. The fraction of sp³-hybridized carbons (Fsp3) is 0.421. The fourth-order valence-corrected chi connectivity index (χ4v) is 7.01. The van der Waals surface area contributed by atoms with Crippen LogP contribution in [0.15, 0.2) is 47.6 Å². The van der Waals surface area contributed by atoms with Crippen LogP contribution in [0.3, 0.4) is 0 Å². The Morgan fingerprint density at radius 2 is 1.79 bits per heavy atom. The standard InChI is InChI=1S/C38H43N3O11/c1-5-6-14-50-21-12-10-20(11-13-21)37(47)41-40-19(3)38(48)16-23-29(26(17-38)52-27-15-24(39)32(42)18(2)51-27)36(46)31-30(34(23)44)33(43)22-8-7-9-25(49-4)28(22)35(31)45/h7-13,18,24,26-27,32,42,44,46,48H,5-6,14-17,39H2,1-4H3,(H,41,47)/b40-19-/t18-,24-,26+,27+,32+,38-/m0/s1. The van der Waals surface area contributed by atoms with E-state index >= 15 is 0 Å². The smallest absolute Gasteiger partial charge is 0.271 e. The molecule has 0 radical (unpaired) electrons. The number of carbonyl (C=O) groups excluding carboxylic acids is 3. The maximum absolute atomic E-state index is 14.0. The molecule has 3 aliphatic rings. The van der Waals surface area contributed by atoms with Crippen LogP contribution < -0.4 is 20.6 Å². The average Bonchev–Trinajstić information content (AvgIpc) is 3.12. The second-order valence-corrected chi connectivity index (χ2v) is 13.4.